The fourth-order valence-electron chi connectivity index (χ4n) is 0.944. The Labute approximate surface area is 149 Å². The smallest absolute Gasteiger partial charge is 0.178 e. The maximum absolute atomic E-state index is 8.81. The van der Waals surface area contributed by atoms with Gasteiger partial charge >= 0.3 is 0 Å². The van der Waals surface area contributed by atoms with Crippen molar-refractivity contribution in [2.24, 2.45) is 0 Å². The van der Waals surface area contributed by atoms with Gasteiger partial charge < -0.3 is 9.22 Å². The first-order chi connectivity index (χ1) is 8.77. The van der Waals surface area contributed by atoms with Crippen LogP contribution in [0.25, 0.3) is 0 Å². The molecule has 0 aromatic carbocycles. The Morgan fingerprint density at radius 2 is 1.00 bits per heavy atom. The zero-order valence-corrected chi connectivity index (χ0v) is 20.6. The summed E-state index contributed by atoms with van der Waals surface area (Å²) in [7, 11) is -3.18. The normalized spacial score (nSPS) is 16.9. The van der Waals surface area contributed by atoms with Gasteiger partial charge in [0.25, 0.3) is 0 Å². The Balaban J connectivity index is 0. The van der Waals surface area contributed by atoms with Crippen LogP contribution in [0, 0.1) is 0 Å². The summed E-state index contributed by atoms with van der Waals surface area (Å²) in [5, 5.41) is 9.46. The van der Waals surface area contributed by atoms with Gasteiger partial charge in [-0.05, 0) is 72.2 Å². The minimum Gasteiger partial charge on any atom is -0.455 e. The summed E-state index contributed by atoms with van der Waals surface area (Å²) in [6.07, 6.45) is 0.813. The molecule has 0 fully saturated rings. The SMILES string of the molecule is CC(C)(C)[Si](C)(C)O[Si](C)(C)C(C)(C)C.CCC(C)(O)I. The number of aliphatic hydroxyl groups is 1. The average molecular weight is 447 g/mol. The summed E-state index contributed by atoms with van der Waals surface area (Å²) in [4.78, 5) is 0. The van der Waals surface area contributed by atoms with Crippen LogP contribution in [0.4, 0.5) is 0 Å². The van der Waals surface area contributed by atoms with Gasteiger partial charge in [0.15, 0.2) is 16.6 Å². The van der Waals surface area contributed by atoms with Gasteiger partial charge in [0, 0.05) is 0 Å². The van der Waals surface area contributed by atoms with E-state index in [9.17, 15) is 0 Å². The summed E-state index contributed by atoms with van der Waals surface area (Å²) in [5.74, 6) is 0. The van der Waals surface area contributed by atoms with E-state index in [1.165, 1.54) is 0 Å². The molecule has 5 heteroatoms. The van der Waals surface area contributed by atoms with Crippen LogP contribution in [0.5, 0.6) is 0 Å². The minimum atomic E-state index is -1.59. The van der Waals surface area contributed by atoms with Gasteiger partial charge in [0.1, 0.15) is 3.61 Å². The van der Waals surface area contributed by atoms with Crippen molar-refractivity contribution in [2.75, 3.05) is 0 Å². The third-order valence-electron chi connectivity index (χ3n) is 4.77. The monoisotopic (exact) mass is 446 g/mol. The van der Waals surface area contributed by atoms with Crippen molar-refractivity contribution in [1.29, 1.82) is 0 Å². The summed E-state index contributed by atoms with van der Waals surface area (Å²) >= 11 is 2.00. The fraction of sp³-hybridized carbons (Fsp3) is 1.00. The van der Waals surface area contributed by atoms with Crippen LogP contribution in [0.3, 0.4) is 0 Å². The molecule has 0 amide bonds. The van der Waals surface area contributed by atoms with Gasteiger partial charge in [-0.2, -0.15) is 0 Å². The highest BCUT2D eigenvalue weighted by Crippen LogP contribution is 2.44. The Bertz CT molecular complexity index is 284. The standard InChI is InChI=1S/C12H30OSi2.C4H9IO/c1-11(2,3)14(7,8)13-15(9,10)12(4,5)6;1-3-4(2,5)6/h1-10H3;6H,3H2,1-2H3. The van der Waals surface area contributed by atoms with Crippen molar-refractivity contribution in [1.82, 2.24) is 0 Å². The third kappa shape index (κ3) is 9.74. The molecule has 1 unspecified atom stereocenters. The molecule has 0 heterocycles. The molecule has 1 atom stereocenters. The highest BCUT2D eigenvalue weighted by Gasteiger charge is 2.46. The second-order valence-electron chi connectivity index (χ2n) is 9.12. The highest BCUT2D eigenvalue weighted by atomic mass is 127. The Morgan fingerprint density at radius 3 is 1.10 bits per heavy atom. The number of hydrogen-bond acceptors (Lipinski definition) is 2. The van der Waals surface area contributed by atoms with Crippen molar-refractivity contribution in [3.8, 4) is 0 Å². The van der Waals surface area contributed by atoms with Crippen LogP contribution in [0.2, 0.25) is 36.3 Å². The molecule has 0 saturated carbocycles. The van der Waals surface area contributed by atoms with E-state index >= 15 is 0 Å². The Hall–Kier alpha value is 1.08. The first kappa shape index (κ1) is 24.3. The fourth-order valence-corrected chi connectivity index (χ4v) is 8.50. The zero-order chi connectivity index (χ0) is 17.9. The van der Waals surface area contributed by atoms with Crippen LogP contribution in [0.1, 0.15) is 61.8 Å². The van der Waals surface area contributed by atoms with Crippen molar-refractivity contribution >= 4 is 39.2 Å². The first-order valence-corrected chi connectivity index (χ1v) is 14.8. The molecule has 0 aromatic rings. The molecule has 0 rings (SSSR count). The maximum atomic E-state index is 8.81. The predicted octanol–water partition coefficient (Wildman–Crippen LogP) is 6.55. The lowest BCUT2D eigenvalue weighted by Gasteiger charge is -2.47. The number of hydrogen-bond donors (Lipinski definition) is 1. The molecule has 2 nitrogen and oxygen atoms in total. The van der Waals surface area contributed by atoms with Gasteiger partial charge in [-0.1, -0.05) is 48.5 Å². The zero-order valence-electron chi connectivity index (χ0n) is 16.4. The van der Waals surface area contributed by atoms with Gasteiger partial charge in [-0.15, -0.1) is 0 Å². The Morgan fingerprint density at radius 1 is 0.810 bits per heavy atom. The maximum Gasteiger partial charge on any atom is 0.178 e. The van der Waals surface area contributed by atoms with E-state index in [1.807, 2.05) is 29.5 Å². The molecule has 0 spiro atoms. The molecule has 21 heavy (non-hydrogen) atoms. The van der Waals surface area contributed by atoms with Gasteiger partial charge in [-0.25, -0.2) is 0 Å². The third-order valence-corrected chi connectivity index (χ3v) is 16.8. The molecule has 130 valence electrons. The first-order valence-electron chi connectivity index (χ1n) is 7.88. The van der Waals surface area contributed by atoms with E-state index in [2.05, 4.69) is 67.7 Å². The van der Waals surface area contributed by atoms with Crippen LogP contribution in [-0.2, 0) is 4.12 Å². The van der Waals surface area contributed by atoms with E-state index in [0.29, 0.717) is 10.1 Å². The Kier molecular flexibility index (Phi) is 9.00. The number of halogens is 1. The van der Waals surface area contributed by atoms with Crippen molar-refractivity contribution in [3.63, 3.8) is 0 Å². The predicted molar refractivity (Wildman–Crippen MR) is 110 cm³/mol. The van der Waals surface area contributed by atoms with Crippen molar-refractivity contribution in [2.45, 2.75) is 102 Å². The summed E-state index contributed by atoms with van der Waals surface area (Å²) in [6.45, 7) is 27.0. The molecule has 0 saturated heterocycles. The molecular weight excluding hydrogens is 407 g/mol. The van der Waals surface area contributed by atoms with Crippen LogP contribution >= 0.6 is 22.6 Å². The summed E-state index contributed by atoms with van der Waals surface area (Å²) in [5.41, 5.74) is 0. The van der Waals surface area contributed by atoms with E-state index in [1.54, 1.807) is 6.92 Å². The topological polar surface area (TPSA) is 29.5 Å². The van der Waals surface area contributed by atoms with E-state index in [0.717, 1.165) is 6.42 Å². The van der Waals surface area contributed by atoms with Gasteiger partial charge in [0.05, 0.1) is 0 Å². The summed E-state index contributed by atoms with van der Waals surface area (Å²) in [6, 6.07) is 0. The lowest BCUT2D eigenvalue weighted by atomic mass is 10.2. The number of rotatable bonds is 3. The summed E-state index contributed by atoms with van der Waals surface area (Å²) < 4.78 is 6.14. The molecule has 0 aliphatic carbocycles. The average Bonchev–Trinajstić information content (AvgIpc) is 2.12. The van der Waals surface area contributed by atoms with Crippen LogP contribution < -0.4 is 0 Å². The quantitative estimate of drug-likeness (QED) is 0.302. The molecule has 0 aliphatic heterocycles. The lowest BCUT2D eigenvalue weighted by molar-refractivity contribution is 0.172. The molecular formula is C16H39IO2Si2. The second-order valence-corrected chi connectivity index (χ2v) is 21.3. The molecule has 1 N–H and O–H groups in total. The van der Waals surface area contributed by atoms with E-state index < -0.39 is 20.2 Å². The molecule has 0 radical (unpaired) electrons. The highest BCUT2D eigenvalue weighted by molar-refractivity contribution is 14.1. The van der Waals surface area contributed by atoms with Crippen molar-refractivity contribution < 1.29 is 9.22 Å². The van der Waals surface area contributed by atoms with Crippen LogP contribution in [0.15, 0.2) is 0 Å². The van der Waals surface area contributed by atoms with Crippen molar-refractivity contribution in [3.05, 3.63) is 0 Å². The molecule has 0 bridgehead atoms. The van der Waals surface area contributed by atoms with Gasteiger partial charge in [-0.3, -0.25) is 0 Å². The number of alkyl halides is 1. The van der Waals surface area contributed by atoms with E-state index in [-0.39, 0.29) is 0 Å². The molecule has 0 aromatic heterocycles. The van der Waals surface area contributed by atoms with Crippen LogP contribution in [-0.4, -0.2) is 25.3 Å². The van der Waals surface area contributed by atoms with E-state index in [4.69, 9.17) is 9.22 Å². The minimum absolute atomic E-state index is 0.322. The van der Waals surface area contributed by atoms with Gasteiger partial charge in [0.2, 0.25) is 0 Å². The largest absolute Gasteiger partial charge is 0.455 e. The molecule has 0 aliphatic rings. The lowest BCUT2D eigenvalue weighted by Crippen LogP contribution is -2.53. The second kappa shape index (κ2) is 7.77.